The summed E-state index contributed by atoms with van der Waals surface area (Å²) >= 11 is 0. The highest BCUT2D eigenvalue weighted by Crippen LogP contribution is 2.47. The van der Waals surface area contributed by atoms with Crippen molar-refractivity contribution in [3.05, 3.63) is 0 Å². The average Bonchev–Trinajstić information content (AvgIpc) is 3.53. The molecule has 4 saturated heterocycles. The van der Waals surface area contributed by atoms with Gasteiger partial charge in [0.2, 0.25) is 17.6 Å². The number of hydrogen-bond acceptors (Lipinski definition) is 9. The van der Waals surface area contributed by atoms with E-state index in [-0.39, 0.29) is 55.1 Å². The van der Waals surface area contributed by atoms with Crippen molar-refractivity contribution in [2.75, 3.05) is 26.2 Å². The Morgan fingerprint density at radius 2 is 1.78 bits per heavy atom. The zero-order valence-corrected chi connectivity index (χ0v) is 22.3. The van der Waals surface area contributed by atoms with E-state index in [0.29, 0.717) is 13.2 Å². The molecular weight excluding hydrogens is 480 g/mol. The van der Waals surface area contributed by atoms with Crippen LogP contribution in [0.25, 0.3) is 0 Å². The molecule has 11 heteroatoms. The van der Waals surface area contributed by atoms with E-state index in [4.69, 9.17) is 23.7 Å². The van der Waals surface area contributed by atoms with Gasteiger partial charge in [-0.25, -0.2) is 0 Å². The smallest absolute Gasteiger partial charge is 0.237 e. The first kappa shape index (κ1) is 26.8. The number of nitrogens with one attached hydrogen (secondary N) is 2. The van der Waals surface area contributed by atoms with Gasteiger partial charge in [-0.2, -0.15) is 5.26 Å². The zero-order valence-electron chi connectivity index (χ0n) is 22.3. The minimum absolute atomic E-state index is 0.0193. The first-order valence-corrected chi connectivity index (χ1v) is 13.6. The van der Waals surface area contributed by atoms with Gasteiger partial charge < -0.3 is 39.2 Å². The third-order valence-electron chi connectivity index (χ3n) is 8.15. The minimum atomic E-state index is -1.14. The lowest BCUT2D eigenvalue weighted by molar-refractivity contribution is -0.277. The lowest BCUT2D eigenvalue weighted by Gasteiger charge is -2.41. The highest BCUT2D eigenvalue weighted by molar-refractivity contribution is 5.79. The van der Waals surface area contributed by atoms with E-state index in [1.165, 1.54) is 0 Å². The molecular formula is C26H40N4O7. The Bertz CT molecular complexity index is 928. The number of carbonyl (C=O) groups is 2. The van der Waals surface area contributed by atoms with E-state index in [0.717, 1.165) is 38.5 Å². The number of likely N-dealkylation sites (tertiary alicyclic amines) is 1. The van der Waals surface area contributed by atoms with Crippen molar-refractivity contribution in [1.29, 1.82) is 5.26 Å². The molecule has 5 rings (SSSR count). The summed E-state index contributed by atoms with van der Waals surface area (Å²) in [5.74, 6) is -2.92. The van der Waals surface area contributed by atoms with Crippen molar-refractivity contribution in [2.45, 2.75) is 114 Å². The van der Waals surface area contributed by atoms with Crippen molar-refractivity contribution in [1.82, 2.24) is 15.5 Å². The average molecular weight is 521 g/mol. The topological polar surface area (TPSA) is 131 Å². The van der Waals surface area contributed by atoms with E-state index in [9.17, 15) is 14.9 Å². The Labute approximate surface area is 218 Å². The quantitative estimate of drug-likeness (QED) is 0.530. The highest BCUT2D eigenvalue weighted by Gasteiger charge is 2.65. The van der Waals surface area contributed by atoms with Crippen LogP contribution in [0, 0.1) is 17.2 Å². The standard InChI is InChI=1S/C26H40N4O7/c1-24(2)34-19-14-33-26(22(21(19)35-24)36-25(3,4)37-26)15-29-23(32)16-7-9-17(10-8-16)28-13-20(31)30-11-5-6-18(30)12-27/h16-19,21-22,28H,5-11,13-15H2,1-4H3,(H,29,32)/t16?,17?,18-,19+,21+,22-,26-/m0/s1. The molecule has 0 aromatic heterocycles. The van der Waals surface area contributed by atoms with Gasteiger partial charge in [-0.1, -0.05) is 0 Å². The van der Waals surface area contributed by atoms with Crippen LogP contribution in [0.15, 0.2) is 0 Å². The molecule has 0 aromatic rings. The molecule has 5 atom stereocenters. The van der Waals surface area contributed by atoms with Crippen LogP contribution in [0.4, 0.5) is 0 Å². The van der Waals surface area contributed by atoms with Crippen molar-refractivity contribution in [3.63, 3.8) is 0 Å². The van der Waals surface area contributed by atoms with Gasteiger partial charge in [-0.15, -0.1) is 0 Å². The Balaban J connectivity index is 1.10. The van der Waals surface area contributed by atoms with Crippen LogP contribution < -0.4 is 10.6 Å². The predicted molar refractivity (Wildman–Crippen MR) is 130 cm³/mol. The highest BCUT2D eigenvalue weighted by atomic mass is 16.9. The predicted octanol–water partition coefficient (Wildman–Crippen LogP) is 1.16. The normalized spacial score (nSPS) is 40.0. The summed E-state index contributed by atoms with van der Waals surface area (Å²) in [6, 6.07) is 2.10. The fourth-order valence-corrected chi connectivity index (χ4v) is 6.43. The van der Waals surface area contributed by atoms with E-state index in [2.05, 4.69) is 16.7 Å². The number of rotatable bonds is 6. The van der Waals surface area contributed by atoms with Crippen LogP contribution in [-0.4, -0.2) is 90.7 Å². The summed E-state index contributed by atoms with van der Waals surface area (Å²) in [6.07, 6.45) is 3.59. The molecule has 5 aliphatic rings. The minimum Gasteiger partial charge on any atom is -0.350 e. The first-order chi connectivity index (χ1) is 17.5. The van der Waals surface area contributed by atoms with Gasteiger partial charge in [0.05, 0.1) is 25.8 Å². The maximum absolute atomic E-state index is 13.1. The van der Waals surface area contributed by atoms with E-state index in [1.54, 1.807) is 4.90 Å². The molecule has 0 bridgehead atoms. The second-order valence-electron chi connectivity index (χ2n) is 11.8. The number of hydrogen-bond donors (Lipinski definition) is 2. The Hall–Kier alpha value is -1.81. The van der Waals surface area contributed by atoms with Crippen molar-refractivity contribution >= 4 is 11.8 Å². The molecule has 0 unspecified atom stereocenters. The molecule has 2 amide bonds. The van der Waals surface area contributed by atoms with Crippen molar-refractivity contribution in [2.24, 2.45) is 5.92 Å². The molecule has 1 aliphatic carbocycles. The molecule has 0 aromatic carbocycles. The van der Waals surface area contributed by atoms with Gasteiger partial charge in [0.25, 0.3) is 0 Å². The maximum Gasteiger partial charge on any atom is 0.237 e. The van der Waals surface area contributed by atoms with E-state index >= 15 is 0 Å². The Morgan fingerprint density at radius 3 is 2.51 bits per heavy atom. The van der Waals surface area contributed by atoms with Crippen LogP contribution in [0.2, 0.25) is 0 Å². The van der Waals surface area contributed by atoms with E-state index < -0.39 is 23.5 Å². The zero-order chi connectivity index (χ0) is 26.4. The summed E-state index contributed by atoms with van der Waals surface area (Å²) in [5, 5.41) is 15.6. The van der Waals surface area contributed by atoms with Gasteiger partial charge in [0.15, 0.2) is 11.6 Å². The summed E-state index contributed by atoms with van der Waals surface area (Å²) in [5.41, 5.74) is 0. The monoisotopic (exact) mass is 520 g/mol. The van der Waals surface area contributed by atoms with Crippen LogP contribution in [0.3, 0.4) is 0 Å². The number of carbonyl (C=O) groups excluding carboxylic acids is 2. The molecule has 2 N–H and O–H groups in total. The molecule has 11 nitrogen and oxygen atoms in total. The number of nitriles is 1. The van der Waals surface area contributed by atoms with Crippen molar-refractivity contribution < 1.29 is 33.3 Å². The molecule has 5 fully saturated rings. The summed E-state index contributed by atoms with van der Waals surface area (Å²) < 4.78 is 30.7. The molecule has 1 saturated carbocycles. The second kappa shape index (κ2) is 10.1. The second-order valence-corrected chi connectivity index (χ2v) is 11.8. The molecule has 37 heavy (non-hydrogen) atoms. The van der Waals surface area contributed by atoms with Crippen molar-refractivity contribution in [3.8, 4) is 6.07 Å². The fourth-order valence-electron chi connectivity index (χ4n) is 6.43. The number of fused-ring (bicyclic) bond motifs is 3. The van der Waals surface area contributed by atoms with Crippen LogP contribution in [-0.2, 0) is 33.3 Å². The molecule has 0 radical (unpaired) electrons. The fraction of sp³-hybridized carbons (Fsp3) is 0.885. The third-order valence-corrected chi connectivity index (χ3v) is 8.15. The van der Waals surface area contributed by atoms with Gasteiger partial charge >= 0.3 is 0 Å². The Kier molecular flexibility index (Phi) is 7.28. The Morgan fingerprint density at radius 1 is 1.03 bits per heavy atom. The van der Waals surface area contributed by atoms with E-state index in [1.807, 2.05) is 27.7 Å². The molecule has 0 spiro atoms. The van der Waals surface area contributed by atoms with Crippen LogP contribution in [0.5, 0.6) is 0 Å². The van der Waals surface area contributed by atoms with Crippen LogP contribution >= 0.6 is 0 Å². The lowest BCUT2D eigenvalue weighted by atomic mass is 9.85. The molecule has 4 aliphatic heterocycles. The maximum atomic E-state index is 13.1. The molecule has 206 valence electrons. The largest absolute Gasteiger partial charge is 0.350 e. The van der Waals surface area contributed by atoms with Gasteiger partial charge in [0, 0.05) is 18.5 Å². The lowest BCUT2D eigenvalue weighted by Crippen LogP contribution is -2.63. The number of nitrogens with zero attached hydrogens (tertiary/aromatic N) is 2. The summed E-state index contributed by atoms with van der Waals surface area (Å²) in [7, 11) is 0. The van der Waals surface area contributed by atoms with Crippen LogP contribution in [0.1, 0.15) is 66.2 Å². The molecule has 4 heterocycles. The number of ether oxygens (including phenoxy) is 5. The van der Waals surface area contributed by atoms with Gasteiger partial charge in [-0.3, -0.25) is 9.59 Å². The summed E-state index contributed by atoms with van der Waals surface area (Å²) in [4.78, 5) is 27.3. The summed E-state index contributed by atoms with van der Waals surface area (Å²) in [6.45, 7) is 8.74. The number of amides is 2. The van der Waals surface area contributed by atoms with Gasteiger partial charge in [0.1, 0.15) is 24.4 Å². The SMILES string of the molecule is CC1(C)O[C@@H]2[C@@H](CO[C@@]3(CNC(=O)C4CCC(NCC(=O)N5CCC[C@H]5C#N)CC4)OC(C)(C)O[C@@H]23)O1. The third kappa shape index (κ3) is 5.51. The van der Waals surface area contributed by atoms with Gasteiger partial charge in [-0.05, 0) is 66.2 Å². The first-order valence-electron chi connectivity index (χ1n) is 13.6.